The van der Waals surface area contributed by atoms with E-state index in [2.05, 4.69) is 15.3 Å². The van der Waals surface area contributed by atoms with Crippen molar-refractivity contribution in [3.63, 3.8) is 0 Å². The molecule has 5 rings (SSSR count). The third-order valence-corrected chi connectivity index (χ3v) is 9.36. The predicted molar refractivity (Wildman–Crippen MR) is 162 cm³/mol. The Hall–Kier alpha value is -2.92. The minimum atomic E-state index is -1.12. The molecule has 0 bridgehead atoms. The molecule has 42 heavy (non-hydrogen) atoms. The SMILES string of the molecule is CNc1cnccc1C1CC(N)C(OCCSC)C(Cc2cc(C3(O)CCC3)cc(F)c2-c2nc(C=O)ccc2F)C1. The molecule has 1 aromatic carbocycles. The van der Waals surface area contributed by atoms with Crippen LogP contribution in [0.5, 0.6) is 0 Å². The van der Waals surface area contributed by atoms with E-state index in [0.29, 0.717) is 56.1 Å². The van der Waals surface area contributed by atoms with E-state index in [9.17, 15) is 9.90 Å². The lowest BCUT2D eigenvalue weighted by molar-refractivity contribution is -0.0392. The van der Waals surface area contributed by atoms with Crippen LogP contribution in [0.2, 0.25) is 0 Å². The second-order valence-electron chi connectivity index (χ2n) is 11.4. The number of halogens is 2. The number of nitrogens with one attached hydrogen (secondary N) is 1. The quantitative estimate of drug-likeness (QED) is 0.198. The number of aromatic nitrogens is 2. The van der Waals surface area contributed by atoms with E-state index in [-0.39, 0.29) is 40.9 Å². The van der Waals surface area contributed by atoms with Gasteiger partial charge in [-0.15, -0.1) is 0 Å². The van der Waals surface area contributed by atoms with Crippen molar-refractivity contribution in [2.24, 2.45) is 11.7 Å². The molecule has 2 saturated carbocycles. The number of nitrogens with zero attached hydrogens (tertiary/aromatic N) is 2. The molecule has 2 aliphatic rings. The Labute approximate surface area is 249 Å². The molecule has 0 aliphatic heterocycles. The monoisotopic (exact) mass is 596 g/mol. The number of hydrogen-bond acceptors (Lipinski definition) is 8. The summed E-state index contributed by atoms with van der Waals surface area (Å²) in [6.07, 6.45) is 9.43. The zero-order valence-corrected chi connectivity index (χ0v) is 24.8. The summed E-state index contributed by atoms with van der Waals surface area (Å²) in [4.78, 5) is 19.9. The zero-order chi connectivity index (χ0) is 29.9. The molecule has 224 valence electrons. The van der Waals surface area contributed by atoms with Crippen LogP contribution in [0.1, 0.15) is 65.2 Å². The second-order valence-corrected chi connectivity index (χ2v) is 12.4. The highest BCUT2D eigenvalue weighted by molar-refractivity contribution is 7.98. The Kier molecular flexibility index (Phi) is 9.57. The topological polar surface area (TPSA) is 110 Å². The number of thioether (sulfide) groups is 1. The first-order chi connectivity index (χ1) is 20.3. The van der Waals surface area contributed by atoms with Crippen molar-refractivity contribution in [3.8, 4) is 11.3 Å². The summed E-state index contributed by atoms with van der Waals surface area (Å²) in [5.41, 5.74) is 8.48. The van der Waals surface area contributed by atoms with Gasteiger partial charge in [0.2, 0.25) is 0 Å². The molecule has 2 aromatic heterocycles. The second kappa shape index (κ2) is 13.2. The summed E-state index contributed by atoms with van der Waals surface area (Å²) >= 11 is 1.68. The summed E-state index contributed by atoms with van der Waals surface area (Å²) in [6.45, 7) is 0.524. The molecule has 3 aromatic rings. The third kappa shape index (κ3) is 6.22. The Balaban J connectivity index is 1.60. The molecule has 0 radical (unpaired) electrons. The van der Waals surface area contributed by atoms with Gasteiger partial charge < -0.3 is 20.9 Å². The minimum Gasteiger partial charge on any atom is -0.387 e. The van der Waals surface area contributed by atoms with Crippen LogP contribution in [-0.4, -0.2) is 59.2 Å². The number of carbonyl (C=O) groups is 1. The Bertz CT molecular complexity index is 1420. The lowest BCUT2D eigenvalue weighted by Crippen LogP contribution is -2.48. The highest BCUT2D eigenvalue weighted by atomic mass is 32.2. The van der Waals surface area contributed by atoms with Crippen LogP contribution < -0.4 is 11.1 Å². The van der Waals surface area contributed by atoms with Gasteiger partial charge in [0.25, 0.3) is 0 Å². The summed E-state index contributed by atoms with van der Waals surface area (Å²) in [5, 5.41) is 14.4. The van der Waals surface area contributed by atoms with E-state index < -0.39 is 17.2 Å². The van der Waals surface area contributed by atoms with Crippen molar-refractivity contribution in [1.29, 1.82) is 0 Å². The molecule has 2 aliphatic carbocycles. The Morgan fingerprint density at radius 3 is 2.71 bits per heavy atom. The molecule has 2 heterocycles. The van der Waals surface area contributed by atoms with Gasteiger partial charge in [0.1, 0.15) is 23.0 Å². The van der Waals surface area contributed by atoms with Crippen LogP contribution in [0, 0.1) is 17.6 Å². The number of nitrogens with two attached hydrogens (primary N) is 1. The van der Waals surface area contributed by atoms with Gasteiger partial charge >= 0.3 is 0 Å². The van der Waals surface area contributed by atoms with Gasteiger partial charge in [-0.05, 0) is 97.6 Å². The fraction of sp³-hybridized carbons (Fsp3) is 0.469. The van der Waals surface area contributed by atoms with Crippen LogP contribution in [-0.2, 0) is 16.8 Å². The van der Waals surface area contributed by atoms with Crippen LogP contribution in [0.25, 0.3) is 11.3 Å². The largest absolute Gasteiger partial charge is 0.387 e. The first-order valence-electron chi connectivity index (χ1n) is 14.4. The molecule has 0 saturated heterocycles. The standard InChI is InChI=1S/C32H38F2N4O3S/c1-36-28-17-37-9-6-24(28)19-12-21(31(27(35)15-19)41-10-11-42-2)13-20-14-22(32(40)7-3-8-32)16-26(34)29(20)30-25(33)5-4-23(18-39)38-30/h4-6,9,14,16-19,21,27,31,36,40H,3,7-8,10-13,15,35H2,1-2H3. The fourth-order valence-corrected chi connectivity index (χ4v) is 6.76. The number of pyridine rings is 2. The van der Waals surface area contributed by atoms with Crippen molar-refractivity contribution in [1.82, 2.24) is 9.97 Å². The van der Waals surface area contributed by atoms with E-state index in [4.69, 9.17) is 10.5 Å². The highest BCUT2D eigenvalue weighted by Gasteiger charge is 2.41. The van der Waals surface area contributed by atoms with Crippen LogP contribution in [0.3, 0.4) is 0 Å². The number of aldehydes is 1. The Morgan fingerprint density at radius 2 is 2.02 bits per heavy atom. The van der Waals surface area contributed by atoms with Crippen molar-refractivity contribution >= 4 is 23.7 Å². The molecule has 4 N–H and O–H groups in total. The molecular weight excluding hydrogens is 558 g/mol. The summed E-state index contributed by atoms with van der Waals surface area (Å²) < 4.78 is 37.6. The summed E-state index contributed by atoms with van der Waals surface area (Å²) in [5.74, 6) is -0.641. The average molecular weight is 597 g/mol. The molecule has 4 unspecified atom stereocenters. The number of rotatable bonds is 11. The maximum Gasteiger partial charge on any atom is 0.168 e. The lowest BCUT2D eigenvalue weighted by Gasteiger charge is -2.41. The maximum absolute atomic E-state index is 16.0. The number of anilines is 1. The van der Waals surface area contributed by atoms with Crippen molar-refractivity contribution in [2.45, 2.75) is 62.2 Å². The lowest BCUT2D eigenvalue weighted by atomic mass is 9.70. The maximum atomic E-state index is 16.0. The van der Waals surface area contributed by atoms with E-state index in [1.54, 1.807) is 30.2 Å². The summed E-state index contributed by atoms with van der Waals surface area (Å²) in [7, 11) is 1.86. The van der Waals surface area contributed by atoms with Gasteiger partial charge in [0, 0.05) is 30.6 Å². The highest BCUT2D eigenvalue weighted by Crippen LogP contribution is 2.45. The van der Waals surface area contributed by atoms with E-state index in [1.807, 2.05) is 19.4 Å². The van der Waals surface area contributed by atoms with Gasteiger partial charge in [-0.1, -0.05) is 6.07 Å². The van der Waals surface area contributed by atoms with Gasteiger partial charge in [0.15, 0.2) is 6.29 Å². The smallest absolute Gasteiger partial charge is 0.168 e. The number of carbonyl (C=O) groups excluding carboxylic acids is 1. The van der Waals surface area contributed by atoms with E-state index in [1.165, 1.54) is 12.1 Å². The van der Waals surface area contributed by atoms with Gasteiger partial charge in [-0.2, -0.15) is 11.8 Å². The van der Waals surface area contributed by atoms with Crippen LogP contribution in [0.4, 0.5) is 14.5 Å². The number of hydrogen-bond donors (Lipinski definition) is 3. The van der Waals surface area contributed by atoms with Gasteiger partial charge in [-0.25, -0.2) is 13.8 Å². The minimum absolute atomic E-state index is 0.00116. The van der Waals surface area contributed by atoms with Crippen molar-refractivity contribution in [3.05, 3.63) is 76.7 Å². The first kappa shape index (κ1) is 30.5. The van der Waals surface area contributed by atoms with E-state index >= 15 is 8.78 Å². The molecular formula is C32H38F2N4O3S. The van der Waals surface area contributed by atoms with Gasteiger partial charge in [0.05, 0.1) is 30.2 Å². The zero-order valence-electron chi connectivity index (χ0n) is 24.0. The van der Waals surface area contributed by atoms with Crippen molar-refractivity contribution in [2.75, 3.05) is 31.0 Å². The molecule has 7 nitrogen and oxygen atoms in total. The molecule has 2 fully saturated rings. The third-order valence-electron chi connectivity index (χ3n) is 8.79. The molecule has 0 amide bonds. The fourth-order valence-electron chi connectivity index (χ4n) is 6.50. The average Bonchev–Trinajstić information content (AvgIpc) is 2.97. The number of benzene rings is 1. The van der Waals surface area contributed by atoms with Crippen molar-refractivity contribution < 1.29 is 23.4 Å². The Morgan fingerprint density at radius 1 is 1.21 bits per heavy atom. The number of aliphatic hydroxyl groups is 1. The van der Waals surface area contributed by atoms with Crippen LogP contribution >= 0.6 is 11.8 Å². The van der Waals surface area contributed by atoms with Gasteiger partial charge in [-0.3, -0.25) is 9.78 Å². The molecule has 10 heteroatoms. The van der Waals surface area contributed by atoms with Crippen LogP contribution in [0.15, 0.2) is 42.7 Å². The molecule has 4 atom stereocenters. The normalized spacial score (nSPS) is 23.3. The first-order valence-corrected chi connectivity index (χ1v) is 15.8. The van der Waals surface area contributed by atoms with E-state index in [0.717, 1.165) is 29.5 Å². The predicted octanol–water partition coefficient (Wildman–Crippen LogP) is 5.46. The summed E-state index contributed by atoms with van der Waals surface area (Å²) in [6, 6.07) is 7.18. The number of ether oxygens (including phenoxy) is 1. The molecule has 0 spiro atoms.